The van der Waals surface area contributed by atoms with E-state index in [1.807, 2.05) is 57.2 Å². The second kappa shape index (κ2) is 15.7. The highest BCUT2D eigenvalue weighted by Crippen LogP contribution is 2.46. The second-order valence-corrected chi connectivity index (χ2v) is 18.6. The van der Waals surface area contributed by atoms with Gasteiger partial charge in [-0.3, -0.25) is 23.9 Å². The molecule has 13 nitrogen and oxygen atoms in total. The molecular weight excluding hydrogens is 728 g/mol. The third kappa shape index (κ3) is 8.91. The Morgan fingerprint density at radius 3 is 2.54 bits per heavy atom. The zero-order chi connectivity index (χ0) is 38.0. The van der Waals surface area contributed by atoms with Gasteiger partial charge in [0.25, 0.3) is 11.8 Å². The summed E-state index contributed by atoms with van der Waals surface area (Å²) in [5.41, 5.74) is -2.12. The predicted octanol–water partition coefficient (Wildman–Crippen LogP) is 4.36. The fraction of sp³-hybridized carbons (Fsp3) is 0.583. The number of fused-ring (bicyclic) bond motifs is 3. The average molecular weight is 777 g/mol. The lowest BCUT2D eigenvalue weighted by Gasteiger charge is -2.31. The van der Waals surface area contributed by atoms with Crippen LogP contribution in [0.15, 0.2) is 36.4 Å². The first-order chi connectivity index (χ1) is 24.5. The molecule has 5 N–H and O–H groups in total. The van der Waals surface area contributed by atoms with Gasteiger partial charge in [-0.2, -0.15) is 0 Å². The van der Waals surface area contributed by atoms with E-state index >= 15 is 0 Å². The molecule has 1 aromatic carbocycles. The van der Waals surface area contributed by atoms with Gasteiger partial charge in [-0.05, 0) is 72.3 Å². The lowest BCUT2D eigenvalue weighted by atomic mass is 10.0. The highest BCUT2D eigenvalue weighted by Gasteiger charge is 2.61. The van der Waals surface area contributed by atoms with Crippen LogP contribution in [-0.2, 0) is 24.4 Å². The van der Waals surface area contributed by atoms with Crippen molar-refractivity contribution < 1.29 is 32.4 Å². The number of allylic oxidation sites excluding steroid dienone is 1. The van der Waals surface area contributed by atoms with Crippen LogP contribution in [0.5, 0.6) is 0 Å². The van der Waals surface area contributed by atoms with E-state index in [2.05, 4.69) is 26.0 Å². The van der Waals surface area contributed by atoms with E-state index in [9.17, 15) is 32.4 Å². The van der Waals surface area contributed by atoms with Gasteiger partial charge in [0.05, 0.1) is 10.3 Å². The average Bonchev–Trinajstić information content (AvgIpc) is 3.42. The van der Waals surface area contributed by atoms with E-state index in [-0.39, 0.29) is 25.8 Å². The monoisotopic (exact) mass is 776 g/mol. The Morgan fingerprint density at radius 2 is 1.85 bits per heavy atom. The number of halogens is 1. The molecule has 2 aliphatic heterocycles. The van der Waals surface area contributed by atoms with Crippen LogP contribution in [0.1, 0.15) is 95.7 Å². The minimum Gasteiger partial charge on any atom is -0.347 e. The molecule has 2 aromatic rings. The van der Waals surface area contributed by atoms with E-state index in [4.69, 9.17) is 11.6 Å². The molecule has 0 bridgehead atoms. The number of carbonyl (C=O) groups excluding carboxylic acids is 5. The van der Waals surface area contributed by atoms with Crippen molar-refractivity contribution in [1.82, 2.24) is 30.9 Å². The first kappa shape index (κ1) is 39.5. The Hall–Kier alpha value is -3.69. The maximum Gasteiger partial charge on any atom is 0.315 e. The predicted molar refractivity (Wildman–Crippen MR) is 201 cm³/mol. The molecule has 1 saturated heterocycles. The fourth-order valence-electron chi connectivity index (χ4n) is 6.71. The number of carbonyl (C=O) groups is 5. The summed E-state index contributed by atoms with van der Waals surface area (Å²) in [6.07, 6.45) is 7.42. The molecule has 16 heteroatoms. The summed E-state index contributed by atoms with van der Waals surface area (Å²) in [5.74, 6) is -2.91. The van der Waals surface area contributed by atoms with Gasteiger partial charge < -0.3 is 26.2 Å². The molecule has 284 valence electrons. The summed E-state index contributed by atoms with van der Waals surface area (Å²) in [5, 5.41) is 11.6. The Morgan fingerprint density at radius 1 is 1.12 bits per heavy atom. The molecule has 1 aliphatic carbocycles. The third-order valence-electron chi connectivity index (χ3n) is 9.89. The number of amides is 6. The van der Waals surface area contributed by atoms with Gasteiger partial charge in [0.2, 0.25) is 21.8 Å². The summed E-state index contributed by atoms with van der Waals surface area (Å²) in [6.45, 7) is 8.62. The molecule has 3 heterocycles. The molecule has 0 spiro atoms. The van der Waals surface area contributed by atoms with Crippen LogP contribution in [0.2, 0.25) is 5.02 Å². The Balaban J connectivity index is 1.45. The molecule has 2 fully saturated rings. The maximum absolute atomic E-state index is 14.4. The van der Waals surface area contributed by atoms with Crippen molar-refractivity contribution in [3.63, 3.8) is 0 Å². The number of hydrogen-bond acceptors (Lipinski definition) is 8. The summed E-state index contributed by atoms with van der Waals surface area (Å²) in [7, 11) is -4.02. The molecule has 6 amide bonds. The summed E-state index contributed by atoms with van der Waals surface area (Å²) in [6, 6.07) is 4.03. The molecule has 5 rings (SSSR count). The van der Waals surface area contributed by atoms with Gasteiger partial charge in [0.1, 0.15) is 22.5 Å². The van der Waals surface area contributed by atoms with Gasteiger partial charge in [0.15, 0.2) is 0 Å². The van der Waals surface area contributed by atoms with Crippen molar-refractivity contribution in [3.8, 4) is 0 Å². The zero-order valence-corrected chi connectivity index (χ0v) is 32.6. The van der Waals surface area contributed by atoms with Crippen molar-refractivity contribution in [2.24, 2.45) is 5.92 Å². The smallest absolute Gasteiger partial charge is 0.315 e. The standard InChI is InChI=1S/C36H49ClN6O7S2/c1-6-21(2)52(49,50)42-33(47)36-19-22(36)14-10-8-7-9-11-16-25(39-34(48)41-35(3,4)5)32(46)43-20-23(18-26(43)30(44)40-36)38-31(45)29-28(37)24-15-12-13-17-27(24)51-29/h10,12-15,17,21-23,25-26H,6-9,11,16,18-20H2,1-5H3,(H,38,45)(H,40,44)(H,42,47)(H2,39,41,48)/b14-10-/t21?,22-,23-,25+,26+,36-/m1/s1. The lowest BCUT2D eigenvalue weighted by molar-refractivity contribution is -0.141. The topological polar surface area (TPSA) is 183 Å². The summed E-state index contributed by atoms with van der Waals surface area (Å²) >= 11 is 7.83. The summed E-state index contributed by atoms with van der Waals surface area (Å²) < 4.78 is 28.9. The normalized spacial score (nSPS) is 26.8. The molecule has 6 atom stereocenters. The third-order valence-corrected chi connectivity index (χ3v) is 13.4. The van der Waals surface area contributed by atoms with Crippen LogP contribution in [-0.4, -0.2) is 84.0 Å². The van der Waals surface area contributed by atoms with Crippen LogP contribution in [0, 0.1) is 5.92 Å². The van der Waals surface area contributed by atoms with E-state index in [0.717, 1.165) is 22.9 Å². The van der Waals surface area contributed by atoms with Crippen molar-refractivity contribution in [2.45, 2.75) is 120 Å². The van der Waals surface area contributed by atoms with Crippen molar-refractivity contribution >= 4 is 72.7 Å². The molecule has 0 radical (unpaired) electrons. The number of hydrogen-bond donors (Lipinski definition) is 5. The van der Waals surface area contributed by atoms with Gasteiger partial charge in [-0.25, -0.2) is 13.2 Å². The quantitative estimate of drug-likeness (QED) is 0.259. The van der Waals surface area contributed by atoms with E-state index in [1.54, 1.807) is 6.92 Å². The van der Waals surface area contributed by atoms with Gasteiger partial charge in [0, 0.05) is 34.1 Å². The number of urea groups is 1. The number of rotatable bonds is 7. The molecule has 3 aliphatic rings. The fourth-order valence-corrected chi connectivity index (χ4v) is 9.21. The molecule has 1 unspecified atom stereocenters. The second-order valence-electron chi connectivity index (χ2n) is 15.1. The molecule has 52 heavy (non-hydrogen) atoms. The van der Waals surface area contributed by atoms with Gasteiger partial charge in [-0.1, -0.05) is 61.7 Å². The van der Waals surface area contributed by atoms with Crippen LogP contribution >= 0.6 is 22.9 Å². The van der Waals surface area contributed by atoms with E-state index in [1.165, 1.54) is 23.2 Å². The number of sulfonamides is 1. The minimum absolute atomic E-state index is 0.0100. The molecule has 1 aromatic heterocycles. The Kier molecular flexibility index (Phi) is 12.0. The van der Waals surface area contributed by atoms with E-state index in [0.29, 0.717) is 29.2 Å². The van der Waals surface area contributed by atoms with Gasteiger partial charge >= 0.3 is 6.03 Å². The van der Waals surface area contributed by atoms with Crippen LogP contribution < -0.4 is 26.0 Å². The number of benzene rings is 1. The number of nitrogens with one attached hydrogen (secondary N) is 5. The molecular formula is C36H49ClN6O7S2. The zero-order valence-electron chi connectivity index (χ0n) is 30.2. The van der Waals surface area contributed by atoms with Gasteiger partial charge in [-0.15, -0.1) is 11.3 Å². The van der Waals surface area contributed by atoms with Crippen LogP contribution in [0.3, 0.4) is 0 Å². The van der Waals surface area contributed by atoms with Crippen molar-refractivity contribution in [1.29, 1.82) is 0 Å². The Bertz CT molecular complexity index is 1860. The number of thiophene rings is 1. The van der Waals surface area contributed by atoms with Crippen LogP contribution in [0.25, 0.3) is 10.1 Å². The lowest BCUT2D eigenvalue weighted by Crippen LogP contribution is -2.59. The van der Waals surface area contributed by atoms with Crippen molar-refractivity contribution in [3.05, 3.63) is 46.3 Å². The molecule has 1 saturated carbocycles. The first-order valence-corrected chi connectivity index (χ1v) is 20.6. The largest absolute Gasteiger partial charge is 0.347 e. The van der Waals surface area contributed by atoms with E-state index < -0.39 is 80.1 Å². The Labute approximate surface area is 314 Å². The minimum atomic E-state index is -4.02. The van der Waals surface area contributed by atoms with Crippen molar-refractivity contribution in [2.75, 3.05) is 6.54 Å². The summed E-state index contributed by atoms with van der Waals surface area (Å²) in [4.78, 5) is 70.6. The number of nitrogens with zero attached hydrogens (tertiary/aromatic N) is 1. The van der Waals surface area contributed by atoms with Crippen LogP contribution in [0.4, 0.5) is 4.79 Å². The highest BCUT2D eigenvalue weighted by molar-refractivity contribution is 7.90. The maximum atomic E-state index is 14.4. The highest BCUT2D eigenvalue weighted by atomic mass is 35.5. The SMILES string of the molecule is CCC(C)S(=O)(=O)NC(=O)[C@@]12C[C@H]1/C=C\CCCCC[C@H](NC(=O)NC(C)(C)C)C(=O)N1C[C@H](NC(=O)c3sc4ccccc4c3Cl)C[C@H]1C(=O)N2. The first-order valence-electron chi connectivity index (χ1n) is 17.9.